The van der Waals surface area contributed by atoms with Gasteiger partial charge in [-0.15, -0.1) is 0 Å². The fourth-order valence-electron chi connectivity index (χ4n) is 2.15. The second-order valence-corrected chi connectivity index (χ2v) is 5.20. The van der Waals surface area contributed by atoms with E-state index in [0.717, 1.165) is 24.1 Å². The molecule has 2 rings (SSSR count). The largest absolute Gasteiger partial charge is 0.478 e. The molecule has 0 radical (unpaired) electrons. The normalized spacial score (nSPS) is 15.3. The first kappa shape index (κ1) is 13.7. The molecule has 102 valence electrons. The third-order valence-corrected chi connectivity index (χ3v) is 3.12. The fourth-order valence-corrected chi connectivity index (χ4v) is 2.15. The van der Waals surface area contributed by atoms with E-state index in [2.05, 4.69) is 4.90 Å². The van der Waals surface area contributed by atoms with E-state index in [1.54, 1.807) is 0 Å². The van der Waals surface area contributed by atoms with Crippen molar-refractivity contribution in [2.24, 2.45) is 5.92 Å². The van der Waals surface area contributed by atoms with E-state index in [4.69, 9.17) is 5.11 Å². The molecule has 1 aromatic carbocycles. The van der Waals surface area contributed by atoms with Gasteiger partial charge in [-0.1, -0.05) is 6.07 Å². The molecule has 1 aliphatic carbocycles. The maximum Gasteiger partial charge on any atom is 0.328 e. The van der Waals surface area contributed by atoms with Crippen LogP contribution in [0.1, 0.15) is 24.0 Å². The number of benzene rings is 1. The molecule has 0 bridgehead atoms. The molecule has 0 saturated heterocycles. The van der Waals surface area contributed by atoms with Gasteiger partial charge in [-0.05, 0) is 55.1 Å². The van der Waals surface area contributed by atoms with Crippen molar-refractivity contribution in [2.75, 3.05) is 13.6 Å². The average molecular weight is 263 g/mol. The summed E-state index contributed by atoms with van der Waals surface area (Å²) in [6.45, 7) is 1.72. The van der Waals surface area contributed by atoms with Crippen molar-refractivity contribution in [3.63, 3.8) is 0 Å². The van der Waals surface area contributed by atoms with E-state index in [9.17, 15) is 9.18 Å². The van der Waals surface area contributed by atoms with Crippen molar-refractivity contribution >= 4 is 12.0 Å². The molecule has 19 heavy (non-hydrogen) atoms. The van der Waals surface area contributed by atoms with Crippen molar-refractivity contribution in [1.82, 2.24) is 4.90 Å². The lowest BCUT2D eigenvalue weighted by molar-refractivity contribution is -0.131. The van der Waals surface area contributed by atoms with Crippen LogP contribution in [0.25, 0.3) is 6.08 Å². The van der Waals surface area contributed by atoms with E-state index in [1.165, 1.54) is 31.1 Å². The molecule has 0 spiro atoms. The predicted octanol–water partition coefficient (Wildman–Crippen LogP) is 2.77. The summed E-state index contributed by atoms with van der Waals surface area (Å²) >= 11 is 0. The first-order valence-corrected chi connectivity index (χ1v) is 6.42. The van der Waals surface area contributed by atoms with Gasteiger partial charge in [0.2, 0.25) is 0 Å². The molecule has 0 unspecified atom stereocenters. The topological polar surface area (TPSA) is 40.5 Å². The summed E-state index contributed by atoms with van der Waals surface area (Å²) in [5.74, 6) is -0.566. The predicted molar refractivity (Wildman–Crippen MR) is 72.1 cm³/mol. The Bertz CT molecular complexity index is 495. The van der Waals surface area contributed by atoms with Crippen LogP contribution in [-0.2, 0) is 11.3 Å². The third kappa shape index (κ3) is 4.83. The third-order valence-electron chi connectivity index (χ3n) is 3.12. The van der Waals surface area contributed by atoms with Gasteiger partial charge in [0, 0.05) is 19.2 Å². The van der Waals surface area contributed by atoms with Crippen LogP contribution >= 0.6 is 0 Å². The first-order chi connectivity index (χ1) is 9.02. The Morgan fingerprint density at radius 3 is 2.84 bits per heavy atom. The van der Waals surface area contributed by atoms with E-state index in [1.807, 2.05) is 13.1 Å². The molecule has 0 amide bonds. The standard InChI is InChI=1S/C15H18FNO2/c1-17(9-11-2-3-11)10-13-6-12(4-5-15(18)19)7-14(16)8-13/h4-8,11H,2-3,9-10H2,1H3,(H,18,19). The number of carboxylic acid groups (broad SMARTS) is 1. The van der Waals surface area contributed by atoms with Gasteiger partial charge in [0.25, 0.3) is 0 Å². The van der Waals surface area contributed by atoms with Crippen LogP contribution in [0.2, 0.25) is 0 Å². The van der Waals surface area contributed by atoms with Gasteiger partial charge in [0.15, 0.2) is 0 Å². The van der Waals surface area contributed by atoms with Gasteiger partial charge in [0.1, 0.15) is 5.82 Å². The minimum atomic E-state index is -1.03. The highest BCUT2D eigenvalue weighted by Gasteiger charge is 2.22. The monoisotopic (exact) mass is 263 g/mol. The Kier molecular flexibility index (Phi) is 4.32. The molecule has 3 nitrogen and oxygen atoms in total. The second-order valence-electron chi connectivity index (χ2n) is 5.20. The molecular weight excluding hydrogens is 245 g/mol. The quantitative estimate of drug-likeness (QED) is 0.802. The number of aliphatic carboxylic acids is 1. The van der Waals surface area contributed by atoms with Crippen LogP contribution < -0.4 is 0 Å². The number of nitrogens with zero attached hydrogens (tertiary/aromatic N) is 1. The van der Waals surface area contributed by atoms with Gasteiger partial charge in [-0.2, -0.15) is 0 Å². The molecule has 4 heteroatoms. The maximum atomic E-state index is 13.5. The molecule has 0 aliphatic heterocycles. The van der Waals surface area contributed by atoms with Gasteiger partial charge < -0.3 is 10.0 Å². The summed E-state index contributed by atoms with van der Waals surface area (Å²) in [5, 5.41) is 8.58. The minimum absolute atomic E-state index is 0.331. The van der Waals surface area contributed by atoms with Crippen LogP contribution in [0.3, 0.4) is 0 Å². The number of hydrogen-bond donors (Lipinski definition) is 1. The Morgan fingerprint density at radius 1 is 1.47 bits per heavy atom. The number of hydrogen-bond acceptors (Lipinski definition) is 2. The summed E-state index contributed by atoms with van der Waals surface area (Å²) in [6.07, 6.45) is 5.02. The van der Waals surface area contributed by atoms with Gasteiger partial charge >= 0.3 is 5.97 Å². The van der Waals surface area contributed by atoms with Crippen molar-refractivity contribution in [2.45, 2.75) is 19.4 Å². The number of halogens is 1. The highest BCUT2D eigenvalue weighted by molar-refractivity contribution is 5.85. The molecule has 1 saturated carbocycles. The second kappa shape index (κ2) is 5.97. The Hall–Kier alpha value is -1.68. The number of carbonyl (C=O) groups is 1. The molecule has 1 aromatic rings. The van der Waals surface area contributed by atoms with E-state index in [0.29, 0.717) is 12.1 Å². The van der Waals surface area contributed by atoms with Gasteiger partial charge in [-0.25, -0.2) is 9.18 Å². The molecule has 0 heterocycles. The smallest absolute Gasteiger partial charge is 0.328 e. The van der Waals surface area contributed by atoms with Gasteiger partial charge in [0.05, 0.1) is 0 Å². The molecule has 1 aliphatic rings. The number of rotatable bonds is 6. The number of carboxylic acids is 1. The first-order valence-electron chi connectivity index (χ1n) is 6.42. The summed E-state index contributed by atoms with van der Waals surface area (Å²) in [7, 11) is 2.02. The fraction of sp³-hybridized carbons (Fsp3) is 0.400. The van der Waals surface area contributed by atoms with Crippen molar-refractivity contribution in [3.8, 4) is 0 Å². The van der Waals surface area contributed by atoms with Crippen molar-refractivity contribution in [1.29, 1.82) is 0 Å². The Morgan fingerprint density at radius 2 is 2.21 bits per heavy atom. The lowest BCUT2D eigenvalue weighted by atomic mass is 10.1. The summed E-state index contributed by atoms with van der Waals surface area (Å²) in [5.41, 5.74) is 1.45. The lowest BCUT2D eigenvalue weighted by Crippen LogP contribution is -2.20. The Balaban J connectivity index is 2.04. The highest BCUT2D eigenvalue weighted by atomic mass is 19.1. The maximum absolute atomic E-state index is 13.5. The zero-order chi connectivity index (χ0) is 13.8. The van der Waals surface area contributed by atoms with Crippen molar-refractivity contribution in [3.05, 3.63) is 41.2 Å². The average Bonchev–Trinajstić information content (AvgIpc) is 3.09. The molecule has 1 N–H and O–H groups in total. The van der Waals surface area contributed by atoms with Crippen LogP contribution in [-0.4, -0.2) is 29.6 Å². The summed E-state index contributed by atoms with van der Waals surface area (Å²) in [6, 6.07) is 4.66. The molecular formula is C15H18FNO2. The zero-order valence-electron chi connectivity index (χ0n) is 11.0. The van der Waals surface area contributed by atoms with Crippen molar-refractivity contribution < 1.29 is 14.3 Å². The van der Waals surface area contributed by atoms with Gasteiger partial charge in [-0.3, -0.25) is 0 Å². The zero-order valence-corrected chi connectivity index (χ0v) is 11.0. The lowest BCUT2D eigenvalue weighted by Gasteiger charge is -2.16. The SMILES string of the molecule is CN(Cc1cc(F)cc(C=CC(=O)O)c1)CC1CC1. The van der Waals surface area contributed by atoms with Crippen LogP contribution in [0, 0.1) is 11.7 Å². The van der Waals surface area contributed by atoms with Crippen LogP contribution in [0.5, 0.6) is 0 Å². The summed E-state index contributed by atoms with van der Waals surface area (Å²) in [4.78, 5) is 12.6. The van der Waals surface area contributed by atoms with E-state index >= 15 is 0 Å². The van der Waals surface area contributed by atoms with Crippen LogP contribution in [0.15, 0.2) is 24.3 Å². The van der Waals surface area contributed by atoms with E-state index < -0.39 is 5.97 Å². The minimum Gasteiger partial charge on any atom is -0.478 e. The highest BCUT2D eigenvalue weighted by Crippen LogP contribution is 2.29. The Labute approximate surface area is 112 Å². The molecule has 0 aromatic heterocycles. The van der Waals surface area contributed by atoms with E-state index in [-0.39, 0.29) is 5.82 Å². The molecule has 1 fully saturated rings. The van der Waals surface area contributed by atoms with Crippen LogP contribution in [0.4, 0.5) is 4.39 Å². The molecule has 0 atom stereocenters. The summed E-state index contributed by atoms with van der Waals surface area (Å²) < 4.78 is 13.5.